The molecule has 0 aliphatic rings. The number of carboxylic acid groups (broad SMARTS) is 1. The summed E-state index contributed by atoms with van der Waals surface area (Å²) in [5.41, 5.74) is 3.65. The Morgan fingerprint density at radius 1 is 1.16 bits per heavy atom. The molecule has 19 heavy (non-hydrogen) atoms. The lowest BCUT2D eigenvalue weighted by Gasteiger charge is -2.12. The Morgan fingerprint density at radius 2 is 1.68 bits per heavy atom. The molecule has 0 unspecified atom stereocenters. The molecule has 0 aliphatic carbocycles. The molecule has 2 N–H and O–H groups in total. The number of aliphatic carboxylic acids is 1. The number of carboxylic acids is 1. The number of carbonyl (C=O) groups excluding carboxylic acids is 1. The van der Waals surface area contributed by atoms with E-state index in [0.29, 0.717) is 5.69 Å². The number of nitrogens with one attached hydrogen (secondary N) is 1. The Hall–Kier alpha value is -1.69. The van der Waals surface area contributed by atoms with Crippen molar-refractivity contribution in [3.05, 3.63) is 28.8 Å². The molecule has 0 bridgehead atoms. The number of hydrogen-bond acceptors (Lipinski definition) is 3. The van der Waals surface area contributed by atoms with E-state index in [1.54, 1.807) is 0 Å². The normalized spacial score (nSPS) is 11.9. The Bertz CT molecular complexity index is 516. The molecule has 0 aliphatic heterocycles. The number of carbonyl (C=O) groups is 2. The van der Waals surface area contributed by atoms with Gasteiger partial charge in [-0.1, -0.05) is 17.7 Å². The number of aryl methyl sites for hydroxylation is 3. The van der Waals surface area contributed by atoms with E-state index in [1.165, 1.54) is 0 Å². The summed E-state index contributed by atoms with van der Waals surface area (Å²) in [6.07, 6.45) is 0. The van der Waals surface area contributed by atoms with Gasteiger partial charge in [0, 0.05) is 16.5 Å². The van der Waals surface area contributed by atoms with Gasteiger partial charge in [-0.3, -0.25) is 13.8 Å². The fourth-order valence-electron chi connectivity index (χ4n) is 1.89. The van der Waals surface area contributed by atoms with Gasteiger partial charge in [-0.05, 0) is 31.9 Å². The third-order valence-electron chi connectivity index (χ3n) is 2.52. The Kier molecular flexibility index (Phi) is 5.23. The number of anilines is 1. The second kappa shape index (κ2) is 6.47. The van der Waals surface area contributed by atoms with Crippen molar-refractivity contribution in [2.45, 2.75) is 20.8 Å². The molecule has 0 radical (unpaired) electrons. The van der Waals surface area contributed by atoms with E-state index < -0.39 is 28.4 Å². The van der Waals surface area contributed by atoms with Crippen molar-refractivity contribution in [2.24, 2.45) is 0 Å². The van der Waals surface area contributed by atoms with Gasteiger partial charge in [0.25, 0.3) is 0 Å². The molecule has 104 valence electrons. The number of amides is 1. The molecule has 1 atom stereocenters. The van der Waals surface area contributed by atoms with Crippen LogP contribution < -0.4 is 5.32 Å². The van der Waals surface area contributed by atoms with E-state index in [-0.39, 0.29) is 5.75 Å². The summed E-state index contributed by atoms with van der Waals surface area (Å²) in [6.45, 7) is 5.72. The molecular weight excluding hydrogens is 266 g/mol. The van der Waals surface area contributed by atoms with Gasteiger partial charge in [0.15, 0.2) is 0 Å². The average Bonchev–Trinajstić information content (AvgIpc) is 2.21. The van der Waals surface area contributed by atoms with Gasteiger partial charge < -0.3 is 10.4 Å². The predicted octanol–water partition coefficient (Wildman–Crippen LogP) is 1.38. The summed E-state index contributed by atoms with van der Waals surface area (Å²) in [5, 5.41) is 11.2. The van der Waals surface area contributed by atoms with Crippen LogP contribution in [-0.2, 0) is 20.4 Å². The van der Waals surface area contributed by atoms with Gasteiger partial charge in [0.1, 0.15) is 11.5 Å². The Balaban J connectivity index is 2.73. The van der Waals surface area contributed by atoms with Crippen molar-refractivity contribution in [2.75, 3.05) is 16.8 Å². The van der Waals surface area contributed by atoms with Gasteiger partial charge in [0.2, 0.25) is 5.91 Å². The summed E-state index contributed by atoms with van der Waals surface area (Å²) < 4.78 is 11.3. The Labute approximate surface area is 114 Å². The smallest absolute Gasteiger partial charge is 0.316 e. The standard InChI is InChI=1S/C13H17NO4S/c1-8-4-9(2)13(10(3)5-8)14-11(15)6-19(18)7-12(16)17/h4-5H,6-7H2,1-3H3,(H,14,15)(H,16,17)/t19-/m0/s1. The second-order valence-corrected chi connectivity index (χ2v) is 5.90. The first-order valence-corrected chi connectivity index (χ1v) is 7.23. The van der Waals surface area contributed by atoms with E-state index in [1.807, 2.05) is 32.9 Å². The van der Waals surface area contributed by atoms with E-state index in [9.17, 15) is 13.8 Å². The van der Waals surface area contributed by atoms with Crippen LogP contribution in [0.1, 0.15) is 16.7 Å². The molecule has 1 aromatic rings. The van der Waals surface area contributed by atoms with Crippen LogP contribution in [0.25, 0.3) is 0 Å². The topological polar surface area (TPSA) is 83.5 Å². The third-order valence-corrected chi connectivity index (χ3v) is 3.67. The van der Waals surface area contributed by atoms with E-state index in [4.69, 9.17) is 5.11 Å². The lowest BCUT2D eigenvalue weighted by atomic mass is 10.1. The first-order valence-electron chi connectivity index (χ1n) is 5.74. The SMILES string of the molecule is Cc1cc(C)c(NC(=O)C[S@](=O)CC(=O)O)c(C)c1. The monoisotopic (exact) mass is 283 g/mol. The predicted molar refractivity (Wildman–Crippen MR) is 74.8 cm³/mol. The molecule has 0 saturated heterocycles. The molecule has 0 spiro atoms. The van der Waals surface area contributed by atoms with Crippen molar-refractivity contribution < 1.29 is 18.9 Å². The van der Waals surface area contributed by atoms with Crippen LogP contribution in [0.5, 0.6) is 0 Å². The summed E-state index contributed by atoms with van der Waals surface area (Å²) in [7, 11) is -1.68. The van der Waals surface area contributed by atoms with Gasteiger partial charge in [-0.2, -0.15) is 0 Å². The first-order chi connectivity index (χ1) is 8.79. The van der Waals surface area contributed by atoms with Crippen LogP contribution in [0.4, 0.5) is 5.69 Å². The largest absolute Gasteiger partial charge is 0.481 e. The van der Waals surface area contributed by atoms with Gasteiger partial charge in [-0.15, -0.1) is 0 Å². The van der Waals surface area contributed by atoms with Gasteiger partial charge >= 0.3 is 5.97 Å². The molecule has 0 aromatic heterocycles. The van der Waals surface area contributed by atoms with E-state index >= 15 is 0 Å². The maximum absolute atomic E-state index is 11.7. The number of benzene rings is 1. The second-order valence-electron chi connectivity index (χ2n) is 4.44. The highest BCUT2D eigenvalue weighted by atomic mass is 32.2. The van der Waals surface area contributed by atoms with Crippen LogP contribution in [0.3, 0.4) is 0 Å². The Morgan fingerprint density at radius 3 is 2.16 bits per heavy atom. The minimum Gasteiger partial charge on any atom is -0.481 e. The van der Waals surface area contributed by atoms with Crippen LogP contribution in [-0.4, -0.2) is 32.7 Å². The molecule has 0 saturated carbocycles. The van der Waals surface area contributed by atoms with Crippen LogP contribution in [0, 0.1) is 20.8 Å². The van der Waals surface area contributed by atoms with Gasteiger partial charge in [-0.25, -0.2) is 0 Å². The van der Waals surface area contributed by atoms with Crippen molar-refractivity contribution in [3.8, 4) is 0 Å². The number of hydrogen-bond donors (Lipinski definition) is 2. The quantitative estimate of drug-likeness (QED) is 0.855. The van der Waals surface area contributed by atoms with Crippen molar-refractivity contribution in [3.63, 3.8) is 0 Å². The average molecular weight is 283 g/mol. The summed E-state index contributed by atoms with van der Waals surface area (Å²) >= 11 is 0. The van der Waals surface area contributed by atoms with Crippen LogP contribution in [0.15, 0.2) is 12.1 Å². The maximum Gasteiger partial charge on any atom is 0.316 e. The molecule has 0 fully saturated rings. The molecule has 5 nitrogen and oxygen atoms in total. The molecule has 1 aromatic carbocycles. The minimum absolute atomic E-state index is 0.306. The highest BCUT2D eigenvalue weighted by molar-refractivity contribution is 7.86. The highest BCUT2D eigenvalue weighted by Gasteiger charge is 2.13. The maximum atomic E-state index is 11.7. The van der Waals surface area contributed by atoms with E-state index in [0.717, 1.165) is 16.7 Å². The zero-order valence-corrected chi connectivity index (χ0v) is 12.0. The number of rotatable bonds is 5. The molecule has 1 rings (SSSR count). The van der Waals surface area contributed by atoms with Crippen molar-refractivity contribution >= 4 is 28.4 Å². The fourth-order valence-corrected chi connectivity index (χ4v) is 2.63. The highest BCUT2D eigenvalue weighted by Crippen LogP contribution is 2.21. The minimum atomic E-state index is -1.68. The van der Waals surface area contributed by atoms with E-state index in [2.05, 4.69) is 5.32 Å². The zero-order chi connectivity index (χ0) is 14.6. The third kappa shape index (κ3) is 4.82. The molecular formula is C13H17NO4S. The molecule has 6 heteroatoms. The molecule has 0 heterocycles. The van der Waals surface area contributed by atoms with Crippen LogP contribution in [0.2, 0.25) is 0 Å². The summed E-state index contributed by atoms with van der Waals surface area (Å²) in [4.78, 5) is 22.1. The molecule has 1 amide bonds. The van der Waals surface area contributed by atoms with Crippen LogP contribution >= 0.6 is 0 Å². The lowest BCUT2D eigenvalue weighted by Crippen LogP contribution is -2.23. The first kappa shape index (κ1) is 15.4. The summed E-state index contributed by atoms with van der Waals surface area (Å²) in [5.74, 6) is -2.43. The fraction of sp³-hybridized carbons (Fsp3) is 0.385. The van der Waals surface area contributed by atoms with Crippen molar-refractivity contribution in [1.29, 1.82) is 0 Å². The lowest BCUT2D eigenvalue weighted by molar-refractivity contribution is -0.133. The summed E-state index contributed by atoms with van der Waals surface area (Å²) in [6, 6.07) is 3.88. The zero-order valence-electron chi connectivity index (χ0n) is 11.1. The van der Waals surface area contributed by atoms with Crippen molar-refractivity contribution in [1.82, 2.24) is 0 Å². The van der Waals surface area contributed by atoms with Gasteiger partial charge in [0.05, 0.1) is 0 Å².